The van der Waals surface area contributed by atoms with Crippen LogP contribution in [0, 0.1) is 43.8 Å². The van der Waals surface area contributed by atoms with Gasteiger partial charge in [-0.2, -0.15) is 0 Å². The molecule has 258 valence electrons. The van der Waals surface area contributed by atoms with Crippen LogP contribution in [0.15, 0.2) is 155 Å². The summed E-state index contributed by atoms with van der Waals surface area (Å²) in [6.07, 6.45) is 36.2. The van der Waals surface area contributed by atoms with Crippen molar-refractivity contribution in [1.82, 2.24) is 0 Å². The molecule has 6 aliphatic rings. The van der Waals surface area contributed by atoms with E-state index >= 15 is 0 Å². The van der Waals surface area contributed by atoms with Crippen molar-refractivity contribution >= 4 is 3.26 Å². The summed E-state index contributed by atoms with van der Waals surface area (Å²) in [5.41, 5.74) is 3.88. The summed E-state index contributed by atoms with van der Waals surface area (Å²) >= 11 is -3.16. The van der Waals surface area contributed by atoms with Crippen LogP contribution in [0.5, 0.6) is 0 Å². The van der Waals surface area contributed by atoms with Crippen LogP contribution >= 0.6 is 0 Å². The first kappa shape index (κ1) is 37.4. The van der Waals surface area contributed by atoms with E-state index < -0.39 is 21.0 Å². The first-order valence-corrected chi connectivity index (χ1v) is 23.8. The molecule has 0 amide bonds. The molecule has 9 unspecified atom stereocenters. The fraction of sp³-hybridized carbons (Fsp3) is 0.383. The normalized spacial score (nSPS) is 40.9. The molecule has 2 fully saturated rings. The quantitative estimate of drug-likeness (QED) is 0.333. The van der Waals surface area contributed by atoms with Gasteiger partial charge in [0.15, 0.2) is 0 Å². The molecular formula is C47H52Cl2Hf. The van der Waals surface area contributed by atoms with E-state index in [1.165, 1.54) is 11.1 Å². The summed E-state index contributed by atoms with van der Waals surface area (Å²) in [6, 6.07) is 23.1. The van der Waals surface area contributed by atoms with Gasteiger partial charge in [-0.3, -0.25) is 0 Å². The van der Waals surface area contributed by atoms with Crippen LogP contribution in [0.1, 0.15) is 72.9 Å². The Bertz CT molecular complexity index is 1930. The zero-order valence-corrected chi connectivity index (χ0v) is 36.1. The third-order valence-electron chi connectivity index (χ3n) is 16.3. The second kappa shape index (κ2) is 12.4. The summed E-state index contributed by atoms with van der Waals surface area (Å²) in [4.78, 5) is 0. The monoisotopic (exact) mass is 866 g/mol. The van der Waals surface area contributed by atoms with Crippen molar-refractivity contribution in [2.24, 2.45) is 43.8 Å². The molecule has 2 aromatic carbocycles. The fourth-order valence-electron chi connectivity index (χ4n) is 13.1. The largest absolute Gasteiger partial charge is 1.00 e. The molecule has 0 heterocycles. The van der Waals surface area contributed by atoms with Crippen LogP contribution < -0.4 is 24.8 Å². The first-order valence-electron chi connectivity index (χ1n) is 18.2. The number of halogens is 2. The molecule has 0 nitrogen and oxygen atoms in total. The van der Waals surface area contributed by atoms with Gasteiger partial charge in [-0.15, -0.1) is 0 Å². The smallest absolute Gasteiger partial charge is 1.00 e. The summed E-state index contributed by atoms with van der Waals surface area (Å²) in [6.45, 7) is 21.3. The molecule has 0 aliphatic heterocycles. The Labute approximate surface area is 321 Å². The van der Waals surface area contributed by atoms with Crippen molar-refractivity contribution in [2.45, 2.75) is 65.5 Å². The summed E-state index contributed by atoms with van der Waals surface area (Å²) in [5.74, 6) is 0.433. The van der Waals surface area contributed by atoms with Crippen LogP contribution in [-0.4, -0.2) is 3.26 Å². The van der Waals surface area contributed by atoms with Crippen molar-refractivity contribution in [3.8, 4) is 0 Å². The van der Waals surface area contributed by atoms with Crippen LogP contribution in [0.4, 0.5) is 0 Å². The maximum Gasteiger partial charge on any atom is -1.00 e. The SMILES string of the molecule is CC1=CC=CC2[CH]([Hf+2]([C]3=CC=CC3)=[C](c3ccccc3)c3ccccc3)C3(C)C4(C)C=CC=CC4(C)C4(C)C=CC=CC4(C)C3(C)C12C.[Cl-].[Cl-]. The average Bonchev–Trinajstić information content (AvgIpc) is 3.68. The van der Waals surface area contributed by atoms with Gasteiger partial charge in [-0.25, -0.2) is 0 Å². The third-order valence-corrected chi connectivity index (χ3v) is 29.8. The van der Waals surface area contributed by atoms with Gasteiger partial charge in [0, 0.05) is 0 Å². The van der Waals surface area contributed by atoms with Gasteiger partial charge in [0.05, 0.1) is 0 Å². The molecule has 0 radical (unpaired) electrons. The summed E-state index contributed by atoms with van der Waals surface area (Å²) in [5, 5.41) is 0. The summed E-state index contributed by atoms with van der Waals surface area (Å²) < 4.78 is 3.98. The molecule has 2 aromatic rings. The third kappa shape index (κ3) is 4.07. The Morgan fingerprint density at radius 1 is 0.600 bits per heavy atom. The van der Waals surface area contributed by atoms with Gasteiger partial charge in [0.2, 0.25) is 0 Å². The second-order valence-corrected chi connectivity index (χ2v) is 26.2. The van der Waals surface area contributed by atoms with Gasteiger partial charge in [0.1, 0.15) is 0 Å². The molecule has 50 heavy (non-hydrogen) atoms. The predicted octanol–water partition coefficient (Wildman–Crippen LogP) is 5.97. The van der Waals surface area contributed by atoms with E-state index in [1.54, 1.807) is 12.2 Å². The molecule has 0 aromatic heterocycles. The second-order valence-electron chi connectivity index (χ2n) is 16.9. The molecule has 6 aliphatic carbocycles. The van der Waals surface area contributed by atoms with Gasteiger partial charge in [-0.05, 0) is 0 Å². The molecule has 3 heteroatoms. The Morgan fingerprint density at radius 2 is 1.10 bits per heavy atom. The maximum atomic E-state index is 2.81. The van der Waals surface area contributed by atoms with E-state index in [4.69, 9.17) is 0 Å². The van der Waals surface area contributed by atoms with E-state index in [0.717, 1.165) is 6.42 Å². The zero-order valence-electron chi connectivity index (χ0n) is 31.0. The minimum Gasteiger partial charge on any atom is -1.00 e. The minimum absolute atomic E-state index is 0. The topological polar surface area (TPSA) is 0 Å². The van der Waals surface area contributed by atoms with E-state index in [0.29, 0.717) is 9.59 Å². The average molecular weight is 866 g/mol. The van der Waals surface area contributed by atoms with Gasteiger partial charge in [0.25, 0.3) is 0 Å². The van der Waals surface area contributed by atoms with Gasteiger partial charge >= 0.3 is 299 Å². The molecule has 0 saturated heterocycles. The molecule has 9 atom stereocenters. The number of benzene rings is 2. The zero-order chi connectivity index (χ0) is 33.8. The van der Waals surface area contributed by atoms with Crippen LogP contribution in [0.3, 0.4) is 0 Å². The van der Waals surface area contributed by atoms with E-state index in [9.17, 15) is 0 Å². The van der Waals surface area contributed by atoms with Crippen molar-refractivity contribution in [2.75, 3.05) is 0 Å². The molecule has 0 spiro atoms. The van der Waals surface area contributed by atoms with E-state index in [2.05, 4.69) is 201 Å². The number of allylic oxidation sites excluding steroid dienone is 16. The summed E-state index contributed by atoms with van der Waals surface area (Å²) in [7, 11) is 0. The van der Waals surface area contributed by atoms with Crippen LogP contribution in [0.25, 0.3) is 0 Å². The van der Waals surface area contributed by atoms with Crippen molar-refractivity contribution in [1.29, 1.82) is 0 Å². The standard InChI is InChI=1S/C29H37.C13H10.C5H5.2ClH.Hf/c1-21-14-13-15-22-20-27(6)25(4)18-10-9-16-23(25,2)24(3)17-11-12-19-26(24,5)29(27,8)28(21,22)7;1-3-7-12(8-4-1)11-13-9-5-2-6-10-13;1-2-4-5-3-1;;;/h9-20,22H,1-8H3;1-10H;1-3H,4H2;2*1H;/q;;;;;+2/p-2. The van der Waals surface area contributed by atoms with E-state index in [-0.39, 0.29) is 62.7 Å². The Balaban J connectivity index is 0.00000216. The molecule has 0 N–H and O–H groups in total. The number of hydrogen-bond acceptors (Lipinski definition) is 0. The predicted molar refractivity (Wildman–Crippen MR) is 201 cm³/mol. The molecule has 8 rings (SSSR count). The van der Waals surface area contributed by atoms with Crippen LogP contribution in [-0.2, 0) is 21.0 Å². The Hall–Kier alpha value is -2.32. The maximum absolute atomic E-state index is 3.16. The molecule has 0 bridgehead atoms. The van der Waals surface area contributed by atoms with Crippen LogP contribution in [0.2, 0.25) is 3.67 Å². The van der Waals surface area contributed by atoms with Gasteiger partial charge < -0.3 is 24.8 Å². The van der Waals surface area contributed by atoms with Crippen molar-refractivity contribution in [3.63, 3.8) is 0 Å². The Kier molecular flexibility index (Phi) is 9.27. The number of rotatable bonds is 4. The number of fused-ring (bicyclic) bond motifs is 8. The Morgan fingerprint density at radius 3 is 1.62 bits per heavy atom. The molecular weight excluding hydrogens is 814 g/mol. The fourth-order valence-corrected chi connectivity index (χ4v) is 29.5. The van der Waals surface area contributed by atoms with Crippen molar-refractivity contribution < 1.29 is 45.8 Å². The number of hydrogen-bond donors (Lipinski definition) is 0. The van der Waals surface area contributed by atoms with Crippen molar-refractivity contribution in [3.05, 3.63) is 166 Å². The van der Waals surface area contributed by atoms with E-state index in [1.807, 2.05) is 0 Å². The minimum atomic E-state index is -3.16. The molecule has 2 saturated carbocycles. The van der Waals surface area contributed by atoms with Gasteiger partial charge in [-0.1, -0.05) is 0 Å². The first-order chi connectivity index (χ1) is 22.9.